The molecule has 2 rings (SSSR count). The van der Waals surface area contributed by atoms with Crippen LogP contribution in [-0.2, 0) is 16.6 Å². The van der Waals surface area contributed by atoms with Gasteiger partial charge in [0, 0.05) is 11.8 Å². The van der Waals surface area contributed by atoms with E-state index in [1.165, 1.54) is 6.07 Å². The molecular weight excluding hydrogens is 302 g/mol. The number of carbonyl (C=O) groups excluding carboxylic acids is 1. The number of aromatic nitrogens is 1. The smallest absolute Gasteiger partial charge is 0.251 e. The third kappa shape index (κ3) is 4.56. The molecular formula is C15H17N3O3S. The lowest BCUT2D eigenvalue weighted by molar-refractivity contribution is 0.0950. The molecule has 0 unspecified atom stereocenters. The van der Waals surface area contributed by atoms with Crippen LogP contribution in [0.3, 0.4) is 0 Å². The number of nitrogens with one attached hydrogen (secondary N) is 2. The second kappa shape index (κ2) is 6.57. The van der Waals surface area contributed by atoms with Gasteiger partial charge in [-0.25, -0.2) is 8.42 Å². The van der Waals surface area contributed by atoms with Crippen LogP contribution in [0, 0.1) is 6.92 Å². The number of carbonyl (C=O) groups is 1. The molecule has 0 saturated carbocycles. The summed E-state index contributed by atoms with van der Waals surface area (Å²) >= 11 is 0. The Morgan fingerprint density at radius 1 is 1.23 bits per heavy atom. The highest BCUT2D eigenvalue weighted by Crippen LogP contribution is 2.18. The minimum atomic E-state index is -3.39. The predicted molar refractivity (Wildman–Crippen MR) is 85.1 cm³/mol. The summed E-state index contributed by atoms with van der Waals surface area (Å²) in [6.45, 7) is 2.07. The fraction of sp³-hybridized carbons (Fsp3) is 0.200. The highest BCUT2D eigenvalue weighted by molar-refractivity contribution is 7.92. The number of anilines is 1. The molecule has 0 radical (unpaired) electrons. The molecule has 0 aliphatic carbocycles. The molecule has 2 aromatic rings. The molecule has 0 spiro atoms. The normalized spacial score (nSPS) is 11.0. The fourth-order valence-electron chi connectivity index (χ4n) is 1.85. The molecule has 1 aromatic heterocycles. The van der Waals surface area contributed by atoms with Crippen molar-refractivity contribution < 1.29 is 13.2 Å². The van der Waals surface area contributed by atoms with E-state index in [4.69, 9.17) is 0 Å². The molecule has 0 aliphatic rings. The number of hydrogen-bond acceptors (Lipinski definition) is 4. The number of hydrogen-bond donors (Lipinski definition) is 2. The zero-order chi connectivity index (χ0) is 16.2. The van der Waals surface area contributed by atoms with Gasteiger partial charge < -0.3 is 5.32 Å². The Morgan fingerprint density at radius 2 is 2.00 bits per heavy atom. The van der Waals surface area contributed by atoms with Crippen LogP contribution in [0.25, 0.3) is 0 Å². The van der Waals surface area contributed by atoms with Gasteiger partial charge in [0.1, 0.15) is 0 Å². The zero-order valence-electron chi connectivity index (χ0n) is 12.3. The monoisotopic (exact) mass is 319 g/mol. The Kier molecular flexibility index (Phi) is 4.77. The number of nitrogens with zero attached hydrogens (tertiary/aromatic N) is 1. The molecule has 1 amide bonds. The lowest BCUT2D eigenvalue weighted by atomic mass is 10.1. The van der Waals surface area contributed by atoms with E-state index in [0.29, 0.717) is 17.8 Å². The lowest BCUT2D eigenvalue weighted by Crippen LogP contribution is -2.23. The lowest BCUT2D eigenvalue weighted by Gasteiger charge is -2.10. The maximum absolute atomic E-state index is 12.1. The van der Waals surface area contributed by atoms with E-state index >= 15 is 0 Å². The van der Waals surface area contributed by atoms with E-state index in [-0.39, 0.29) is 5.91 Å². The van der Waals surface area contributed by atoms with E-state index < -0.39 is 10.0 Å². The number of sulfonamides is 1. The van der Waals surface area contributed by atoms with Gasteiger partial charge in [-0.2, -0.15) is 0 Å². The summed E-state index contributed by atoms with van der Waals surface area (Å²) in [5.74, 6) is -0.290. The van der Waals surface area contributed by atoms with Crippen molar-refractivity contribution in [2.75, 3.05) is 11.0 Å². The summed E-state index contributed by atoms with van der Waals surface area (Å²) < 4.78 is 25.0. The van der Waals surface area contributed by atoms with Gasteiger partial charge in [0.05, 0.1) is 24.2 Å². The van der Waals surface area contributed by atoms with E-state index in [2.05, 4.69) is 15.0 Å². The quantitative estimate of drug-likeness (QED) is 0.878. The van der Waals surface area contributed by atoms with Crippen LogP contribution in [-0.4, -0.2) is 25.6 Å². The van der Waals surface area contributed by atoms with Crippen molar-refractivity contribution in [3.05, 3.63) is 59.4 Å². The van der Waals surface area contributed by atoms with Crippen LogP contribution in [0.4, 0.5) is 5.69 Å². The van der Waals surface area contributed by atoms with E-state index in [1.54, 1.807) is 31.3 Å². The Labute approximate surface area is 129 Å². The van der Waals surface area contributed by atoms with Gasteiger partial charge >= 0.3 is 0 Å². The molecule has 0 atom stereocenters. The van der Waals surface area contributed by atoms with Gasteiger partial charge in [-0.3, -0.25) is 14.5 Å². The van der Waals surface area contributed by atoms with Crippen molar-refractivity contribution in [2.24, 2.45) is 0 Å². The summed E-state index contributed by atoms with van der Waals surface area (Å²) in [6, 6.07) is 10.3. The average Bonchev–Trinajstić information content (AvgIpc) is 2.47. The van der Waals surface area contributed by atoms with Gasteiger partial charge in [-0.1, -0.05) is 12.1 Å². The molecule has 0 bridgehead atoms. The molecule has 7 heteroatoms. The molecule has 6 nitrogen and oxygen atoms in total. The molecule has 116 valence electrons. The number of amides is 1. The van der Waals surface area contributed by atoms with Crippen LogP contribution in [0.15, 0.2) is 42.6 Å². The Morgan fingerprint density at radius 3 is 2.64 bits per heavy atom. The zero-order valence-corrected chi connectivity index (χ0v) is 13.1. The highest BCUT2D eigenvalue weighted by Gasteiger charge is 2.10. The third-order valence-corrected chi connectivity index (χ3v) is 3.54. The van der Waals surface area contributed by atoms with Crippen molar-refractivity contribution in [2.45, 2.75) is 13.5 Å². The fourth-order valence-corrected chi connectivity index (χ4v) is 2.47. The van der Waals surface area contributed by atoms with Gasteiger partial charge in [0.25, 0.3) is 5.91 Å². The number of pyridine rings is 1. The Hall–Kier alpha value is -2.41. The average molecular weight is 319 g/mol. The summed E-state index contributed by atoms with van der Waals surface area (Å²) in [7, 11) is -3.39. The molecule has 1 aromatic carbocycles. The predicted octanol–water partition coefficient (Wildman–Crippen LogP) is 1.69. The van der Waals surface area contributed by atoms with Crippen molar-refractivity contribution in [1.29, 1.82) is 0 Å². The van der Waals surface area contributed by atoms with Crippen molar-refractivity contribution in [3.8, 4) is 0 Å². The minimum Gasteiger partial charge on any atom is -0.346 e. The minimum absolute atomic E-state index is 0.290. The maximum atomic E-state index is 12.1. The van der Waals surface area contributed by atoms with Crippen LogP contribution >= 0.6 is 0 Å². The Bertz CT molecular complexity index is 774. The summed E-state index contributed by atoms with van der Waals surface area (Å²) in [5.41, 5.74) is 2.27. The first-order valence-corrected chi connectivity index (χ1v) is 8.51. The molecule has 22 heavy (non-hydrogen) atoms. The molecule has 0 fully saturated rings. The van der Waals surface area contributed by atoms with Gasteiger partial charge in [0.2, 0.25) is 10.0 Å². The van der Waals surface area contributed by atoms with Crippen LogP contribution in [0.1, 0.15) is 21.6 Å². The van der Waals surface area contributed by atoms with Gasteiger partial charge in [0.15, 0.2) is 0 Å². The van der Waals surface area contributed by atoms with Crippen molar-refractivity contribution in [3.63, 3.8) is 0 Å². The van der Waals surface area contributed by atoms with E-state index in [9.17, 15) is 13.2 Å². The summed E-state index contributed by atoms with van der Waals surface area (Å²) in [5, 5.41) is 2.75. The van der Waals surface area contributed by atoms with Crippen LogP contribution in [0.5, 0.6) is 0 Å². The number of benzene rings is 1. The molecule has 1 heterocycles. The second-order valence-electron chi connectivity index (χ2n) is 4.91. The molecule has 2 N–H and O–H groups in total. The molecule has 0 saturated heterocycles. The summed E-state index contributed by atoms with van der Waals surface area (Å²) in [4.78, 5) is 16.2. The standard InChI is InChI=1S/C15H17N3O3S/c1-11-6-7-12(9-14(11)18-22(2,20)21)15(19)17-10-13-5-3-4-8-16-13/h3-9,18H,10H2,1-2H3,(H,17,19). The number of rotatable bonds is 5. The Balaban J connectivity index is 2.11. The van der Waals surface area contributed by atoms with Gasteiger partial charge in [-0.15, -0.1) is 0 Å². The van der Waals surface area contributed by atoms with E-state index in [0.717, 1.165) is 17.5 Å². The topological polar surface area (TPSA) is 88.2 Å². The van der Waals surface area contributed by atoms with Crippen LogP contribution in [0.2, 0.25) is 0 Å². The SMILES string of the molecule is Cc1ccc(C(=O)NCc2ccccn2)cc1NS(C)(=O)=O. The summed E-state index contributed by atoms with van der Waals surface area (Å²) in [6.07, 6.45) is 2.72. The molecule has 0 aliphatic heterocycles. The van der Waals surface area contributed by atoms with Gasteiger partial charge in [-0.05, 0) is 36.8 Å². The van der Waals surface area contributed by atoms with Crippen molar-refractivity contribution in [1.82, 2.24) is 10.3 Å². The highest BCUT2D eigenvalue weighted by atomic mass is 32.2. The first-order chi connectivity index (χ1) is 10.3. The van der Waals surface area contributed by atoms with Crippen LogP contribution < -0.4 is 10.0 Å². The number of aryl methyl sites for hydroxylation is 1. The van der Waals surface area contributed by atoms with E-state index in [1.807, 2.05) is 12.1 Å². The first kappa shape index (κ1) is 16.0. The largest absolute Gasteiger partial charge is 0.346 e. The first-order valence-electron chi connectivity index (χ1n) is 6.62. The maximum Gasteiger partial charge on any atom is 0.251 e. The van der Waals surface area contributed by atoms with Crippen molar-refractivity contribution >= 4 is 21.6 Å². The second-order valence-corrected chi connectivity index (χ2v) is 6.66. The third-order valence-electron chi connectivity index (χ3n) is 2.95.